The van der Waals surface area contributed by atoms with Gasteiger partial charge in [0.15, 0.2) is 6.29 Å². The fraction of sp³-hybridized carbons (Fsp3) is 0.100. The zero-order valence-electron chi connectivity index (χ0n) is 7.40. The smallest absolute Gasteiger partial charge is 0.152 e. The number of aldehydes is 1. The van der Waals surface area contributed by atoms with Crippen LogP contribution in [0.4, 0.5) is 0 Å². The lowest BCUT2D eigenvalue weighted by Crippen LogP contribution is -1.79. The second-order valence-corrected chi connectivity index (χ2v) is 3.94. The van der Waals surface area contributed by atoms with Crippen molar-refractivity contribution in [2.75, 3.05) is 0 Å². The van der Waals surface area contributed by atoms with Crippen molar-refractivity contribution in [1.82, 2.24) is 4.98 Å². The standard InChI is InChI=1S/C10H7Cl2NO/c1-5-8(4-14)7-2-6(11)3-9(12)10(7)13-5/h2-4,13H,1H3. The maximum Gasteiger partial charge on any atom is 0.152 e. The molecule has 1 heterocycles. The van der Waals surface area contributed by atoms with Gasteiger partial charge in [0.2, 0.25) is 0 Å². The molecule has 2 aromatic rings. The molecular weight excluding hydrogens is 221 g/mol. The first kappa shape index (κ1) is 9.56. The highest BCUT2D eigenvalue weighted by Crippen LogP contribution is 2.30. The van der Waals surface area contributed by atoms with E-state index in [9.17, 15) is 4.79 Å². The number of benzene rings is 1. The Bertz CT molecular complexity index is 516. The molecule has 0 saturated carbocycles. The number of aromatic nitrogens is 1. The van der Waals surface area contributed by atoms with Gasteiger partial charge in [0.25, 0.3) is 0 Å². The van der Waals surface area contributed by atoms with Gasteiger partial charge < -0.3 is 4.98 Å². The van der Waals surface area contributed by atoms with Crippen LogP contribution in [0.2, 0.25) is 10.0 Å². The van der Waals surface area contributed by atoms with Crippen molar-refractivity contribution in [3.63, 3.8) is 0 Å². The molecule has 0 radical (unpaired) electrons. The maximum atomic E-state index is 10.8. The second-order valence-electron chi connectivity index (χ2n) is 3.09. The molecule has 0 spiro atoms. The number of carbonyl (C=O) groups excluding carboxylic acids is 1. The zero-order chi connectivity index (χ0) is 10.3. The molecule has 0 aliphatic rings. The SMILES string of the molecule is Cc1[nH]c2c(Cl)cc(Cl)cc2c1C=O. The van der Waals surface area contributed by atoms with Crippen molar-refractivity contribution in [1.29, 1.82) is 0 Å². The van der Waals surface area contributed by atoms with Gasteiger partial charge in [-0.3, -0.25) is 4.79 Å². The summed E-state index contributed by atoms with van der Waals surface area (Å²) in [5.41, 5.74) is 2.18. The van der Waals surface area contributed by atoms with Gasteiger partial charge in [-0.2, -0.15) is 0 Å². The summed E-state index contributed by atoms with van der Waals surface area (Å²) in [4.78, 5) is 13.9. The Kier molecular flexibility index (Phi) is 2.25. The van der Waals surface area contributed by atoms with Gasteiger partial charge >= 0.3 is 0 Å². The number of halogens is 2. The van der Waals surface area contributed by atoms with Crippen LogP contribution in [0.3, 0.4) is 0 Å². The number of hydrogen-bond acceptors (Lipinski definition) is 1. The summed E-state index contributed by atoms with van der Waals surface area (Å²) in [6.45, 7) is 1.83. The molecule has 4 heteroatoms. The Labute approximate surface area is 90.8 Å². The number of carbonyl (C=O) groups is 1. The van der Waals surface area contributed by atoms with E-state index in [-0.39, 0.29) is 0 Å². The first-order valence-electron chi connectivity index (χ1n) is 4.06. The van der Waals surface area contributed by atoms with Gasteiger partial charge in [0.1, 0.15) is 0 Å². The first-order valence-corrected chi connectivity index (χ1v) is 4.81. The van der Waals surface area contributed by atoms with E-state index in [1.54, 1.807) is 12.1 Å². The normalized spacial score (nSPS) is 10.8. The molecule has 0 atom stereocenters. The second kappa shape index (κ2) is 3.30. The summed E-state index contributed by atoms with van der Waals surface area (Å²) >= 11 is 11.8. The minimum absolute atomic E-state index is 0.531. The third-order valence-electron chi connectivity index (χ3n) is 2.18. The van der Waals surface area contributed by atoms with Crippen LogP contribution < -0.4 is 0 Å². The van der Waals surface area contributed by atoms with Crippen LogP contribution >= 0.6 is 23.2 Å². The lowest BCUT2D eigenvalue weighted by Gasteiger charge is -1.95. The summed E-state index contributed by atoms with van der Waals surface area (Å²) in [6, 6.07) is 3.38. The maximum absolute atomic E-state index is 10.8. The monoisotopic (exact) mass is 227 g/mol. The molecule has 0 fully saturated rings. The quantitative estimate of drug-likeness (QED) is 0.743. The number of aryl methyl sites for hydroxylation is 1. The summed E-state index contributed by atoms with van der Waals surface area (Å²) in [6.07, 6.45) is 0.806. The van der Waals surface area contributed by atoms with Crippen molar-refractivity contribution in [3.8, 4) is 0 Å². The van der Waals surface area contributed by atoms with E-state index >= 15 is 0 Å². The molecule has 0 saturated heterocycles. The molecule has 14 heavy (non-hydrogen) atoms. The Morgan fingerprint density at radius 1 is 1.36 bits per heavy atom. The van der Waals surface area contributed by atoms with Gasteiger partial charge in [-0.15, -0.1) is 0 Å². The van der Waals surface area contributed by atoms with E-state index in [1.165, 1.54) is 0 Å². The third-order valence-corrected chi connectivity index (χ3v) is 2.70. The predicted octanol–water partition coefficient (Wildman–Crippen LogP) is 3.60. The van der Waals surface area contributed by atoms with Gasteiger partial charge in [-0.1, -0.05) is 23.2 Å². The number of nitrogens with one attached hydrogen (secondary N) is 1. The molecule has 72 valence electrons. The van der Waals surface area contributed by atoms with Gasteiger partial charge in [0.05, 0.1) is 10.5 Å². The number of rotatable bonds is 1. The molecular formula is C10H7Cl2NO. The van der Waals surface area contributed by atoms with Gasteiger partial charge in [0, 0.05) is 21.7 Å². The molecule has 0 aliphatic carbocycles. The Balaban J connectivity index is 2.94. The van der Waals surface area contributed by atoms with Crippen LogP contribution in [0.1, 0.15) is 16.1 Å². The third kappa shape index (κ3) is 1.31. The average Bonchev–Trinajstić information content (AvgIpc) is 2.41. The number of aromatic amines is 1. The van der Waals surface area contributed by atoms with E-state index in [1.807, 2.05) is 6.92 Å². The number of fused-ring (bicyclic) bond motifs is 1. The largest absolute Gasteiger partial charge is 0.357 e. The number of hydrogen-bond donors (Lipinski definition) is 1. The molecule has 1 aromatic carbocycles. The van der Waals surface area contributed by atoms with E-state index < -0.39 is 0 Å². The van der Waals surface area contributed by atoms with Crippen molar-refractivity contribution >= 4 is 40.4 Å². The molecule has 0 aliphatic heterocycles. The minimum Gasteiger partial charge on any atom is -0.357 e. The summed E-state index contributed by atoms with van der Waals surface area (Å²) in [5.74, 6) is 0. The van der Waals surface area contributed by atoms with Crippen LogP contribution in [-0.2, 0) is 0 Å². The van der Waals surface area contributed by atoms with E-state index in [2.05, 4.69) is 4.98 Å². The highest BCUT2D eigenvalue weighted by molar-refractivity contribution is 6.38. The fourth-order valence-corrected chi connectivity index (χ4v) is 2.06. The predicted molar refractivity (Wildman–Crippen MR) is 58.4 cm³/mol. The first-order chi connectivity index (χ1) is 6.63. The average molecular weight is 228 g/mol. The Morgan fingerprint density at radius 3 is 2.71 bits per heavy atom. The molecule has 1 N–H and O–H groups in total. The van der Waals surface area contributed by atoms with Gasteiger partial charge in [-0.05, 0) is 19.1 Å². The molecule has 0 bridgehead atoms. The minimum atomic E-state index is 0.531. The van der Waals surface area contributed by atoms with Crippen molar-refractivity contribution in [3.05, 3.63) is 33.4 Å². The summed E-state index contributed by atoms with van der Waals surface area (Å²) in [5, 5.41) is 1.84. The van der Waals surface area contributed by atoms with Crippen molar-refractivity contribution in [2.45, 2.75) is 6.92 Å². The topological polar surface area (TPSA) is 32.9 Å². The molecule has 1 aromatic heterocycles. The highest BCUT2D eigenvalue weighted by Gasteiger charge is 2.10. The molecule has 2 rings (SSSR count). The lowest BCUT2D eigenvalue weighted by atomic mass is 10.1. The zero-order valence-corrected chi connectivity index (χ0v) is 8.91. The van der Waals surface area contributed by atoms with Crippen LogP contribution in [-0.4, -0.2) is 11.3 Å². The molecule has 2 nitrogen and oxygen atoms in total. The fourth-order valence-electron chi connectivity index (χ4n) is 1.52. The summed E-state index contributed by atoms with van der Waals surface area (Å²) < 4.78 is 0. The van der Waals surface area contributed by atoms with Crippen LogP contribution in [0, 0.1) is 6.92 Å². The van der Waals surface area contributed by atoms with Crippen LogP contribution in [0.5, 0.6) is 0 Å². The lowest BCUT2D eigenvalue weighted by molar-refractivity contribution is 0.112. The summed E-state index contributed by atoms with van der Waals surface area (Å²) in [7, 11) is 0. The van der Waals surface area contributed by atoms with E-state index in [0.717, 1.165) is 22.9 Å². The Morgan fingerprint density at radius 2 is 2.07 bits per heavy atom. The van der Waals surface area contributed by atoms with Crippen LogP contribution in [0.15, 0.2) is 12.1 Å². The van der Waals surface area contributed by atoms with Crippen LogP contribution in [0.25, 0.3) is 10.9 Å². The highest BCUT2D eigenvalue weighted by atomic mass is 35.5. The number of H-pyrrole nitrogens is 1. The molecule has 0 amide bonds. The van der Waals surface area contributed by atoms with E-state index in [0.29, 0.717) is 15.6 Å². The molecule has 0 unspecified atom stereocenters. The van der Waals surface area contributed by atoms with Crippen molar-refractivity contribution < 1.29 is 4.79 Å². The van der Waals surface area contributed by atoms with E-state index in [4.69, 9.17) is 23.2 Å². The Hall–Kier alpha value is -0.990. The van der Waals surface area contributed by atoms with Crippen molar-refractivity contribution in [2.24, 2.45) is 0 Å². The van der Waals surface area contributed by atoms with Gasteiger partial charge in [-0.25, -0.2) is 0 Å².